The van der Waals surface area contributed by atoms with Gasteiger partial charge in [0.2, 0.25) is 5.91 Å². The number of rotatable bonds is 5. The number of carbonyl (C=O) groups excluding carboxylic acids is 1. The molecule has 1 atom stereocenters. The second kappa shape index (κ2) is 7.76. The van der Waals surface area contributed by atoms with Crippen LogP contribution in [0.15, 0.2) is 28.7 Å². The van der Waals surface area contributed by atoms with Crippen molar-refractivity contribution in [3.63, 3.8) is 0 Å². The fourth-order valence-electron chi connectivity index (χ4n) is 3.54. The minimum Gasteiger partial charge on any atom is -0.301 e. The number of carbonyl (C=O) groups is 1. The van der Waals surface area contributed by atoms with Gasteiger partial charge in [-0.2, -0.15) is 0 Å². The summed E-state index contributed by atoms with van der Waals surface area (Å²) in [5.74, 6) is -0.0624. The molecule has 29 heavy (non-hydrogen) atoms. The van der Waals surface area contributed by atoms with Gasteiger partial charge in [0.15, 0.2) is 15.9 Å². The summed E-state index contributed by atoms with van der Waals surface area (Å²) in [6.45, 7) is 10.2. The number of aryl methyl sites for hydroxylation is 4. The Morgan fingerprint density at radius 3 is 2.66 bits per heavy atom. The highest BCUT2D eigenvalue weighted by molar-refractivity contribution is 8.00. The van der Waals surface area contributed by atoms with Gasteiger partial charge in [0, 0.05) is 10.8 Å². The molecule has 1 unspecified atom stereocenters. The van der Waals surface area contributed by atoms with Crippen molar-refractivity contribution in [1.29, 1.82) is 0 Å². The van der Waals surface area contributed by atoms with E-state index >= 15 is 0 Å². The zero-order chi connectivity index (χ0) is 20.7. The number of thiazole rings is 1. The molecule has 0 fully saturated rings. The lowest BCUT2D eigenvalue weighted by Gasteiger charge is -2.14. The van der Waals surface area contributed by atoms with Crippen LogP contribution >= 0.6 is 23.1 Å². The molecular formula is C21H23N5OS2. The standard InChI is InChI=1S/C21H23N5OS2/c1-6-16(19(27)23-20-22-14(5)10-28-20)29-21-25-24-17-9-12(3)15-8-11(2)7-13(4)18(15)26(17)21/h7-10,16H,6H2,1-5H3,(H,22,23,27). The molecule has 3 heterocycles. The Labute approximate surface area is 177 Å². The molecule has 0 aliphatic heterocycles. The van der Waals surface area contributed by atoms with Crippen LogP contribution in [0.1, 0.15) is 35.7 Å². The molecule has 0 radical (unpaired) electrons. The van der Waals surface area contributed by atoms with E-state index in [2.05, 4.69) is 63.9 Å². The fraction of sp³-hybridized carbons (Fsp3) is 0.333. The van der Waals surface area contributed by atoms with Crippen molar-refractivity contribution in [3.8, 4) is 0 Å². The number of nitrogens with one attached hydrogen (secondary N) is 1. The maximum Gasteiger partial charge on any atom is 0.239 e. The summed E-state index contributed by atoms with van der Waals surface area (Å²) in [6, 6.07) is 6.42. The minimum absolute atomic E-state index is 0.0624. The van der Waals surface area contributed by atoms with Gasteiger partial charge in [0.25, 0.3) is 0 Å². The Morgan fingerprint density at radius 1 is 1.17 bits per heavy atom. The van der Waals surface area contributed by atoms with Crippen molar-refractivity contribution in [1.82, 2.24) is 19.6 Å². The van der Waals surface area contributed by atoms with E-state index in [1.807, 2.05) is 19.2 Å². The van der Waals surface area contributed by atoms with Crippen LogP contribution in [0.5, 0.6) is 0 Å². The number of hydrogen-bond acceptors (Lipinski definition) is 6. The van der Waals surface area contributed by atoms with E-state index < -0.39 is 0 Å². The lowest BCUT2D eigenvalue weighted by Crippen LogP contribution is -2.24. The quantitative estimate of drug-likeness (QED) is 0.451. The van der Waals surface area contributed by atoms with Crippen molar-refractivity contribution in [2.24, 2.45) is 0 Å². The molecule has 150 valence electrons. The summed E-state index contributed by atoms with van der Waals surface area (Å²) in [4.78, 5) is 17.2. The number of hydrogen-bond donors (Lipinski definition) is 1. The maximum atomic E-state index is 12.8. The van der Waals surface area contributed by atoms with Crippen LogP contribution in [-0.4, -0.2) is 30.7 Å². The van der Waals surface area contributed by atoms with E-state index in [9.17, 15) is 4.79 Å². The molecule has 6 nitrogen and oxygen atoms in total. The minimum atomic E-state index is -0.284. The van der Waals surface area contributed by atoms with Gasteiger partial charge in [0.05, 0.1) is 16.5 Å². The molecule has 4 aromatic rings. The average Bonchev–Trinajstić information content (AvgIpc) is 3.25. The fourth-order valence-corrected chi connectivity index (χ4v) is 5.19. The van der Waals surface area contributed by atoms with Crippen LogP contribution in [0.25, 0.3) is 16.6 Å². The Morgan fingerprint density at radius 2 is 1.97 bits per heavy atom. The van der Waals surface area contributed by atoms with Gasteiger partial charge >= 0.3 is 0 Å². The zero-order valence-electron chi connectivity index (χ0n) is 17.1. The highest BCUT2D eigenvalue weighted by Gasteiger charge is 2.23. The molecule has 1 aromatic carbocycles. The number of benzene rings is 1. The number of fused-ring (bicyclic) bond motifs is 3. The van der Waals surface area contributed by atoms with Crippen molar-refractivity contribution < 1.29 is 4.79 Å². The predicted octanol–water partition coefficient (Wildman–Crippen LogP) is 5.08. The summed E-state index contributed by atoms with van der Waals surface area (Å²) in [5.41, 5.74) is 6.38. The van der Waals surface area contributed by atoms with E-state index in [0.717, 1.165) is 22.0 Å². The van der Waals surface area contributed by atoms with Crippen LogP contribution in [-0.2, 0) is 4.79 Å². The molecule has 8 heteroatoms. The zero-order valence-corrected chi connectivity index (χ0v) is 18.7. The van der Waals surface area contributed by atoms with E-state index in [4.69, 9.17) is 0 Å². The van der Waals surface area contributed by atoms with E-state index in [1.165, 1.54) is 45.2 Å². The lowest BCUT2D eigenvalue weighted by atomic mass is 10.0. The number of thioether (sulfide) groups is 1. The lowest BCUT2D eigenvalue weighted by molar-refractivity contribution is -0.115. The van der Waals surface area contributed by atoms with Gasteiger partial charge in [-0.3, -0.25) is 9.20 Å². The van der Waals surface area contributed by atoms with E-state index in [1.54, 1.807) is 0 Å². The first kappa shape index (κ1) is 19.8. The van der Waals surface area contributed by atoms with Crippen LogP contribution in [0, 0.1) is 27.7 Å². The van der Waals surface area contributed by atoms with E-state index in [0.29, 0.717) is 11.6 Å². The molecule has 0 spiro atoms. The normalized spacial score (nSPS) is 12.6. The van der Waals surface area contributed by atoms with Gasteiger partial charge in [-0.15, -0.1) is 21.5 Å². The van der Waals surface area contributed by atoms with Crippen molar-refractivity contribution in [2.45, 2.75) is 51.4 Å². The number of pyridine rings is 1. The number of nitrogens with zero attached hydrogens (tertiary/aromatic N) is 4. The molecule has 0 aliphatic carbocycles. The first-order valence-corrected chi connectivity index (χ1v) is 11.3. The molecule has 1 N–H and O–H groups in total. The SMILES string of the molecule is CCC(Sc1nnc2cc(C)c3cc(C)cc(C)c3n12)C(=O)Nc1nc(C)cs1. The topological polar surface area (TPSA) is 72.2 Å². The molecule has 0 bridgehead atoms. The average molecular weight is 426 g/mol. The number of anilines is 1. The molecular weight excluding hydrogens is 402 g/mol. The van der Waals surface area contributed by atoms with Crippen molar-refractivity contribution in [2.75, 3.05) is 5.32 Å². The number of amides is 1. The second-order valence-corrected chi connectivity index (χ2v) is 9.31. The predicted molar refractivity (Wildman–Crippen MR) is 120 cm³/mol. The third kappa shape index (κ3) is 3.74. The first-order valence-electron chi connectivity index (χ1n) is 9.52. The van der Waals surface area contributed by atoms with Gasteiger partial charge in [-0.25, -0.2) is 4.98 Å². The van der Waals surface area contributed by atoms with E-state index in [-0.39, 0.29) is 11.2 Å². The smallest absolute Gasteiger partial charge is 0.239 e. The Hall–Kier alpha value is -2.45. The molecule has 0 aliphatic rings. The van der Waals surface area contributed by atoms with Crippen LogP contribution in [0.4, 0.5) is 5.13 Å². The molecule has 3 aromatic heterocycles. The largest absolute Gasteiger partial charge is 0.301 e. The van der Waals surface area contributed by atoms with Gasteiger partial charge < -0.3 is 5.32 Å². The second-order valence-electron chi connectivity index (χ2n) is 7.28. The molecule has 1 amide bonds. The maximum absolute atomic E-state index is 12.8. The number of aromatic nitrogens is 4. The molecule has 4 rings (SSSR count). The monoisotopic (exact) mass is 425 g/mol. The van der Waals surface area contributed by atoms with Crippen LogP contribution in [0.2, 0.25) is 0 Å². The third-order valence-corrected chi connectivity index (χ3v) is 7.04. The Kier molecular flexibility index (Phi) is 5.31. The Bertz CT molecular complexity index is 1230. The van der Waals surface area contributed by atoms with Gasteiger partial charge in [-0.05, 0) is 57.4 Å². The Balaban J connectivity index is 1.73. The highest BCUT2D eigenvalue weighted by Crippen LogP contribution is 2.31. The first-order chi connectivity index (χ1) is 13.9. The molecule has 0 saturated carbocycles. The summed E-state index contributed by atoms with van der Waals surface area (Å²) >= 11 is 2.88. The van der Waals surface area contributed by atoms with Crippen molar-refractivity contribution in [3.05, 3.63) is 46.0 Å². The van der Waals surface area contributed by atoms with Gasteiger partial charge in [-0.1, -0.05) is 30.3 Å². The van der Waals surface area contributed by atoms with Crippen molar-refractivity contribution >= 4 is 50.7 Å². The highest BCUT2D eigenvalue weighted by atomic mass is 32.2. The summed E-state index contributed by atoms with van der Waals surface area (Å²) in [7, 11) is 0. The van der Waals surface area contributed by atoms with Crippen LogP contribution in [0.3, 0.4) is 0 Å². The van der Waals surface area contributed by atoms with Crippen LogP contribution < -0.4 is 5.32 Å². The van der Waals surface area contributed by atoms with Gasteiger partial charge in [0.1, 0.15) is 0 Å². The third-order valence-electron chi connectivity index (χ3n) is 4.86. The summed E-state index contributed by atoms with van der Waals surface area (Å²) < 4.78 is 2.07. The summed E-state index contributed by atoms with van der Waals surface area (Å²) in [6.07, 6.45) is 0.678. The summed E-state index contributed by atoms with van der Waals surface area (Å²) in [5, 5.41) is 15.9. The molecule has 0 saturated heterocycles.